The van der Waals surface area contributed by atoms with Gasteiger partial charge in [0, 0.05) is 18.4 Å². The molecule has 17 heavy (non-hydrogen) atoms. The molecule has 0 amide bonds. The van der Waals surface area contributed by atoms with Crippen LogP contribution in [-0.4, -0.2) is 16.9 Å². The molecule has 0 aromatic heterocycles. The topological polar surface area (TPSA) is 54.4 Å². The van der Waals surface area contributed by atoms with E-state index in [4.69, 9.17) is 5.11 Å². The number of hydrogen-bond acceptors (Lipinski definition) is 2. The number of rotatable bonds is 7. The number of carbonyl (C=O) groups excluding carboxylic acids is 1. The monoisotopic (exact) mass is 236 g/mol. The predicted octanol–water partition coefficient (Wildman–Crippen LogP) is 3.11. The average Bonchev–Trinajstić information content (AvgIpc) is 2.69. The molecule has 3 heteroatoms. The number of Topliss-reactive ketones (excluding diaryl/α,β-unsaturated/α-hetero) is 1. The standard InChI is InChI=1S/C14H20O3/c1-2-11(9-10-14(16)17)5-3-6-12-7-4-8-13(12)15/h3,6-7,11H,2,4-5,8-10H2,1H3,(H,16,17)/b6-3-. The molecule has 0 aliphatic heterocycles. The van der Waals surface area contributed by atoms with E-state index in [0.717, 1.165) is 24.8 Å². The molecule has 1 atom stereocenters. The molecule has 1 aliphatic rings. The first-order chi connectivity index (χ1) is 8.13. The maximum absolute atomic E-state index is 11.3. The first kappa shape index (κ1) is 13.7. The Hall–Kier alpha value is -1.38. The summed E-state index contributed by atoms with van der Waals surface area (Å²) in [6.07, 6.45) is 10.1. The van der Waals surface area contributed by atoms with Gasteiger partial charge in [0.05, 0.1) is 0 Å². The van der Waals surface area contributed by atoms with Crippen molar-refractivity contribution >= 4 is 11.8 Å². The zero-order chi connectivity index (χ0) is 12.7. The first-order valence-electron chi connectivity index (χ1n) is 6.25. The third-order valence-electron chi connectivity index (χ3n) is 3.17. The van der Waals surface area contributed by atoms with E-state index >= 15 is 0 Å². The molecule has 0 heterocycles. The Bertz CT molecular complexity index is 339. The van der Waals surface area contributed by atoms with E-state index in [1.54, 1.807) is 0 Å². The van der Waals surface area contributed by atoms with Crippen LogP contribution in [0.15, 0.2) is 23.8 Å². The Morgan fingerprint density at radius 3 is 2.88 bits per heavy atom. The van der Waals surface area contributed by atoms with E-state index in [-0.39, 0.29) is 12.2 Å². The van der Waals surface area contributed by atoms with Gasteiger partial charge in [-0.2, -0.15) is 0 Å². The highest BCUT2D eigenvalue weighted by Gasteiger charge is 2.12. The van der Waals surface area contributed by atoms with Crippen molar-refractivity contribution in [3.8, 4) is 0 Å². The molecule has 0 bridgehead atoms. The average molecular weight is 236 g/mol. The third-order valence-corrected chi connectivity index (χ3v) is 3.17. The summed E-state index contributed by atoms with van der Waals surface area (Å²) in [5, 5.41) is 8.62. The SMILES string of the molecule is CCC(C/C=C\C1=CCCC1=O)CCC(=O)O. The second-order valence-corrected chi connectivity index (χ2v) is 4.47. The molecule has 0 aromatic carbocycles. The van der Waals surface area contributed by atoms with E-state index in [2.05, 4.69) is 6.92 Å². The number of carboxylic acids is 1. The van der Waals surface area contributed by atoms with Crippen LogP contribution in [0.2, 0.25) is 0 Å². The molecule has 1 unspecified atom stereocenters. The fraction of sp³-hybridized carbons (Fsp3) is 0.571. The van der Waals surface area contributed by atoms with Crippen LogP contribution in [0.3, 0.4) is 0 Å². The number of aliphatic carboxylic acids is 1. The number of carboxylic acid groups (broad SMARTS) is 1. The van der Waals surface area contributed by atoms with Gasteiger partial charge in [0.15, 0.2) is 5.78 Å². The fourth-order valence-corrected chi connectivity index (χ4v) is 1.98. The van der Waals surface area contributed by atoms with Gasteiger partial charge in [-0.3, -0.25) is 9.59 Å². The van der Waals surface area contributed by atoms with Gasteiger partial charge >= 0.3 is 5.97 Å². The molecule has 94 valence electrons. The number of hydrogen-bond donors (Lipinski definition) is 1. The Balaban J connectivity index is 2.34. The molecule has 0 radical (unpaired) electrons. The van der Waals surface area contributed by atoms with Crippen LogP contribution in [0.5, 0.6) is 0 Å². The van der Waals surface area contributed by atoms with Crippen molar-refractivity contribution < 1.29 is 14.7 Å². The van der Waals surface area contributed by atoms with Crippen LogP contribution < -0.4 is 0 Å². The third kappa shape index (κ3) is 4.98. The molecule has 0 spiro atoms. The van der Waals surface area contributed by atoms with Gasteiger partial charge < -0.3 is 5.11 Å². The minimum absolute atomic E-state index is 0.222. The Morgan fingerprint density at radius 1 is 1.59 bits per heavy atom. The molecule has 0 saturated carbocycles. The van der Waals surface area contributed by atoms with Crippen molar-refractivity contribution in [1.82, 2.24) is 0 Å². The van der Waals surface area contributed by atoms with Gasteiger partial charge in [0.1, 0.15) is 0 Å². The lowest BCUT2D eigenvalue weighted by Crippen LogP contribution is -2.02. The quantitative estimate of drug-likeness (QED) is 0.739. The second-order valence-electron chi connectivity index (χ2n) is 4.47. The van der Waals surface area contributed by atoms with Crippen LogP contribution in [0.1, 0.15) is 45.4 Å². The molecule has 0 fully saturated rings. The van der Waals surface area contributed by atoms with Gasteiger partial charge in [0.2, 0.25) is 0 Å². The van der Waals surface area contributed by atoms with E-state index in [1.807, 2.05) is 18.2 Å². The highest BCUT2D eigenvalue weighted by Crippen LogP contribution is 2.19. The minimum atomic E-state index is -0.735. The molecular formula is C14H20O3. The summed E-state index contributed by atoms with van der Waals surface area (Å²) in [4.78, 5) is 21.8. The van der Waals surface area contributed by atoms with Crippen molar-refractivity contribution in [1.29, 1.82) is 0 Å². The van der Waals surface area contributed by atoms with Gasteiger partial charge in [-0.1, -0.05) is 31.6 Å². The number of carbonyl (C=O) groups is 2. The molecule has 1 rings (SSSR count). The minimum Gasteiger partial charge on any atom is -0.481 e. The molecule has 1 N–H and O–H groups in total. The van der Waals surface area contributed by atoms with Gasteiger partial charge in [-0.05, 0) is 25.2 Å². The summed E-state index contributed by atoms with van der Waals surface area (Å²) in [7, 11) is 0. The number of allylic oxidation sites excluding steroid dienone is 4. The zero-order valence-electron chi connectivity index (χ0n) is 10.3. The first-order valence-corrected chi connectivity index (χ1v) is 6.25. The Kier molecular flexibility index (Phi) is 5.67. The van der Waals surface area contributed by atoms with Crippen LogP contribution in [0, 0.1) is 5.92 Å². The van der Waals surface area contributed by atoms with E-state index in [9.17, 15) is 9.59 Å². The maximum Gasteiger partial charge on any atom is 0.303 e. The summed E-state index contributed by atoms with van der Waals surface area (Å²) >= 11 is 0. The smallest absolute Gasteiger partial charge is 0.303 e. The van der Waals surface area contributed by atoms with Crippen LogP contribution in [0.4, 0.5) is 0 Å². The van der Waals surface area contributed by atoms with Crippen molar-refractivity contribution in [3.05, 3.63) is 23.8 Å². The van der Waals surface area contributed by atoms with E-state index in [0.29, 0.717) is 18.8 Å². The Morgan fingerprint density at radius 2 is 2.35 bits per heavy atom. The van der Waals surface area contributed by atoms with Crippen molar-refractivity contribution in [3.63, 3.8) is 0 Å². The summed E-state index contributed by atoms with van der Waals surface area (Å²) in [6, 6.07) is 0. The van der Waals surface area contributed by atoms with Gasteiger partial charge in [0.25, 0.3) is 0 Å². The summed E-state index contributed by atoms with van der Waals surface area (Å²) in [5.74, 6) is -0.111. The van der Waals surface area contributed by atoms with Gasteiger partial charge in [-0.25, -0.2) is 0 Å². The van der Waals surface area contributed by atoms with Gasteiger partial charge in [-0.15, -0.1) is 0 Å². The summed E-state index contributed by atoms with van der Waals surface area (Å²) < 4.78 is 0. The maximum atomic E-state index is 11.3. The van der Waals surface area contributed by atoms with Crippen molar-refractivity contribution in [2.75, 3.05) is 0 Å². The zero-order valence-corrected chi connectivity index (χ0v) is 10.3. The summed E-state index contributed by atoms with van der Waals surface area (Å²) in [5.41, 5.74) is 0.818. The normalized spacial score (nSPS) is 17.5. The second kappa shape index (κ2) is 7.05. The molecule has 0 saturated heterocycles. The highest BCUT2D eigenvalue weighted by molar-refractivity contribution is 6.00. The largest absolute Gasteiger partial charge is 0.481 e. The van der Waals surface area contributed by atoms with Crippen molar-refractivity contribution in [2.24, 2.45) is 5.92 Å². The van der Waals surface area contributed by atoms with Crippen LogP contribution in [-0.2, 0) is 9.59 Å². The predicted molar refractivity (Wildman–Crippen MR) is 66.7 cm³/mol. The van der Waals surface area contributed by atoms with E-state index in [1.165, 1.54) is 0 Å². The fourth-order valence-electron chi connectivity index (χ4n) is 1.98. The lowest BCUT2D eigenvalue weighted by atomic mass is 9.96. The summed E-state index contributed by atoms with van der Waals surface area (Å²) in [6.45, 7) is 2.07. The molecular weight excluding hydrogens is 216 g/mol. The van der Waals surface area contributed by atoms with E-state index < -0.39 is 5.97 Å². The molecule has 3 nitrogen and oxygen atoms in total. The lowest BCUT2D eigenvalue weighted by Gasteiger charge is -2.10. The van der Waals surface area contributed by atoms with Crippen LogP contribution >= 0.6 is 0 Å². The van der Waals surface area contributed by atoms with Crippen molar-refractivity contribution in [2.45, 2.75) is 45.4 Å². The molecule has 1 aliphatic carbocycles. The molecule has 0 aromatic rings. The van der Waals surface area contributed by atoms with Crippen LogP contribution in [0.25, 0.3) is 0 Å². The highest BCUT2D eigenvalue weighted by atomic mass is 16.4. The number of ketones is 1. The Labute approximate surface area is 102 Å². The lowest BCUT2D eigenvalue weighted by molar-refractivity contribution is -0.137.